The summed E-state index contributed by atoms with van der Waals surface area (Å²) in [6, 6.07) is 7.13. The van der Waals surface area contributed by atoms with Gasteiger partial charge in [0.25, 0.3) is 11.4 Å². The quantitative estimate of drug-likeness (QED) is 0.531. The fraction of sp³-hybridized carbons (Fsp3) is 0.143. The van der Waals surface area contributed by atoms with E-state index in [1.54, 1.807) is 0 Å². The summed E-state index contributed by atoms with van der Waals surface area (Å²) in [6.45, 7) is 0. The molecule has 0 aliphatic rings. The number of nitro benzene ring substituents is 2. The van der Waals surface area contributed by atoms with Crippen LogP contribution >= 0.6 is 23.2 Å². The van der Waals surface area contributed by atoms with Crippen LogP contribution in [-0.4, -0.2) is 18.3 Å². The van der Waals surface area contributed by atoms with Crippen LogP contribution in [-0.2, 0) is 21.3 Å². The van der Waals surface area contributed by atoms with Crippen LogP contribution < -0.4 is 0 Å². The molecule has 2 aromatic carbocycles. The van der Waals surface area contributed by atoms with E-state index in [4.69, 9.17) is 23.2 Å². The molecule has 25 heavy (non-hydrogen) atoms. The van der Waals surface area contributed by atoms with Crippen molar-refractivity contribution in [3.63, 3.8) is 0 Å². The van der Waals surface area contributed by atoms with Gasteiger partial charge in [0.1, 0.15) is 0 Å². The summed E-state index contributed by atoms with van der Waals surface area (Å²) in [5.74, 6) is -1.37. The lowest BCUT2D eigenvalue weighted by Crippen LogP contribution is -2.10. The van der Waals surface area contributed by atoms with E-state index in [1.807, 2.05) is 0 Å². The van der Waals surface area contributed by atoms with Gasteiger partial charge in [0.2, 0.25) is 0 Å². The van der Waals surface area contributed by atoms with E-state index in [0.717, 1.165) is 12.1 Å². The number of benzene rings is 2. The lowest BCUT2D eigenvalue weighted by Gasteiger charge is -2.07. The molecule has 0 radical (unpaired) electrons. The second kappa shape index (κ2) is 7.34. The van der Waals surface area contributed by atoms with Crippen molar-refractivity contribution < 1.29 is 18.3 Å². The first-order valence-corrected chi connectivity index (χ1v) is 9.23. The minimum atomic E-state index is -3.96. The standard InChI is InChI=1S/C14H10Cl2N2O6S/c15-11-1-3-13(17(19)20)9(5-11)7-25(23,24)8-10-6-12(16)2-4-14(10)18(21)22/h1-6H,7-8H2. The number of hydrogen-bond donors (Lipinski definition) is 0. The molecule has 0 N–H and O–H groups in total. The van der Waals surface area contributed by atoms with Crippen molar-refractivity contribution in [2.75, 3.05) is 0 Å². The van der Waals surface area contributed by atoms with Gasteiger partial charge in [0, 0.05) is 33.3 Å². The average molecular weight is 405 g/mol. The van der Waals surface area contributed by atoms with Crippen molar-refractivity contribution in [3.8, 4) is 0 Å². The number of nitrogens with zero attached hydrogens (tertiary/aromatic N) is 2. The summed E-state index contributed by atoms with van der Waals surface area (Å²) in [6.07, 6.45) is 0. The first-order chi connectivity index (χ1) is 11.6. The molecule has 0 saturated heterocycles. The normalized spacial score (nSPS) is 11.3. The minimum absolute atomic E-state index is 0.0952. The van der Waals surface area contributed by atoms with Gasteiger partial charge in [-0.15, -0.1) is 0 Å². The predicted molar refractivity (Wildman–Crippen MR) is 92.5 cm³/mol. The number of hydrogen-bond acceptors (Lipinski definition) is 6. The van der Waals surface area contributed by atoms with Crippen LogP contribution in [0.5, 0.6) is 0 Å². The number of sulfone groups is 1. The van der Waals surface area contributed by atoms with Crippen LogP contribution in [0.25, 0.3) is 0 Å². The molecule has 0 spiro atoms. The Labute approximate surface area is 152 Å². The number of nitro groups is 2. The fourth-order valence-electron chi connectivity index (χ4n) is 2.22. The maximum absolute atomic E-state index is 12.4. The smallest absolute Gasteiger partial charge is 0.258 e. The zero-order valence-corrected chi connectivity index (χ0v) is 14.7. The van der Waals surface area contributed by atoms with Crippen LogP contribution in [0.1, 0.15) is 11.1 Å². The molecule has 0 heterocycles. The monoisotopic (exact) mass is 404 g/mol. The molecule has 0 aliphatic heterocycles. The van der Waals surface area contributed by atoms with Crippen molar-refractivity contribution >= 4 is 44.4 Å². The summed E-state index contributed by atoms with van der Waals surface area (Å²) in [4.78, 5) is 20.6. The van der Waals surface area contributed by atoms with Crippen LogP contribution in [0.4, 0.5) is 11.4 Å². The molecule has 132 valence electrons. The van der Waals surface area contributed by atoms with Crippen molar-refractivity contribution in [3.05, 3.63) is 77.8 Å². The average Bonchev–Trinajstić information content (AvgIpc) is 2.45. The predicted octanol–water partition coefficient (Wildman–Crippen LogP) is 3.92. The van der Waals surface area contributed by atoms with Crippen molar-refractivity contribution in [1.29, 1.82) is 0 Å². The summed E-state index contributed by atoms with van der Waals surface area (Å²) < 4.78 is 24.8. The molecule has 0 saturated carbocycles. The maximum Gasteiger partial charge on any atom is 0.273 e. The molecule has 8 nitrogen and oxygen atoms in total. The largest absolute Gasteiger partial charge is 0.273 e. The van der Waals surface area contributed by atoms with Gasteiger partial charge < -0.3 is 0 Å². The highest BCUT2D eigenvalue weighted by molar-refractivity contribution is 7.89. The van der Waals surface area contributed by atoms with E-state index in [-0.39, 0.29) is 21.2 Å². The molecule has 0 aliphatic carbocycles. The molecule has 2 aromatic rings. The van der Waals surface area contributed by atoms with Crippen LogP contribution in [0.2, 0.25) is 10.0 Å². The van der Waals surface area contributed by atoms with Gasteiger partial charge in [-0.3, -0.25) is 20.2 Å². The zero-order chi connectivity index (χ0) is 18.8. The van der Waals surface area contributed by atoms with E-state index >= 15 is 0 Å². The molecule has 0 bridgehead atoms. The van der Waals surface area contributed by atoms with Crippen molar-refractivity contribution in [2.45, 2.75) is 11.5 Å². The van der Waals surface area contributed by atoms with Crippen molar-refractivity contribution in [2.24, 2.45) is 0 Å². The first kappa shape index (κ1) is 19.1. The second-order valence-corrected chi connectivity index (χ2v) is 8.03. The van der Waals surface area contributed by atoms with Gasteiger partial charge in [0.15, 0.2) is 9.84 Å². The van der Waals surface area contributed by atoms with Gasteiger partial charge in [-0.2, -0.15) is 0 Å². The first-order valence-electron chi connectivity index (χ1n) is 6.65. The summed E-state index contributed by atoms with van der Waals surface area (Å²) in [7, 11) is -3.96. The van der Waals surface area contributed by atoms with E-state index in [9.17, 15) is 28.6 Å². The van der Waals surface area contributed by atoms with Crippen LogP contribution in [0, 0.1) is 20.2 Å². The third-order valence-electron chi connectivity index (χ3n) is 3.23. The Morgan fingerprint density at radius 2 is 1.16 bits per heavy atom. The van der Waals surface area contributed by atoms with E-state index in [0.29, 0.717) is 0 Å². The van der Waals surface area contributed by atoms with Gasteiger partial charge in [-0.05, 0) is 24.3 Å². The minimum Gasteiger partial charge on any atom is -0.258 e. The van der Waals surface area contributed by atoms with Gasteiger partial charge in [0.05, 0.1) is 21.4 Å². The lowest BCUT2D eigenvalue weighted by molar-refractivity contribution is -0.385. The Morgan fingerprint density at radius 1 is 0.800 bits per heavy atom. The van der Waals surface area contributed by atoms with E-state index in [1.165, 1.54) is 24.3 Å². The fourth-order valence-corrected chi connectivity index (χ4v) is 4.12. The highest BCUT2D eigenvalue weighted by atomic mass is 35.5. The van der Waals surface area contributed by atoms with Gasteiger partial charge >= 0.3 is 0 Å². The van der Waals surface area contributed by atoms with Gasteiger partial charge in [-0.25, -0.2) is 8.42 Å². The molecule has 11 heteroatoms. The Morgan fingerprint density at radius 3 is 1.48 bits per heavy atom. The highest BCUT2D eigenvalue weighted by Gasteiger charge is 2.24. The lowest BCUT2D eigenvalue weighted by atomic mass is 10.2. The molecule has 0 fully saturated rings. The molecule has 0 atom stereocenters. The third-order valence-corrected chi connectivity index (χ3v) is 5.20. The Hall–Kier alpha value is -2.23. The maximum atomic E-state index is 12.4. The third kappa shape index (κ3) is 4.88. The molecule has 0 amide bonds. The number of halogens is 2. The zero-order valence-electron chi connectivity index (χ0n) is 12.4. The highest BCUT2D eigenvalue weighted by Crippen LogP contribution is 2.28. The molecule has 0 unspecified atom stereocenters. The van der Waals surface area contributed by atoms with E-state index < -0.39 is 42.6 Å². The SMILES string of the molecule is O=[N+]([O-])c1ccc(Cl)cc1CS(=O)(=O)Cc1cc(Cl)ccc1[N+](=O)[O-]. The molecule has 0 aromatic heterocycles. The van der Waals surface area contributed by atoms with E-state index in [2.05, 4.69) is 0 Å². The molecular weight excluding hydrogens is 395 g/mol. The number of rotatable bonds is 6. The summed E-state index contributed by atoms with van der Waals surface area (Å²) >= 11 is 11.5. The van der Waals surface area contributed by atoms with Crippen molar-refractivity contribution in [1.82, 2.24) is 0 Å². The molecular formula is C14H10Cl2N2O6S. The van der Waals surface area contributed by atoms with Crippen LogP contribution in [0.15, 0.2) is 36.4 Å². The topological polar surface area (TPSA) is 120 Å². The Balaban J connectivity index is 2.39. The van der Waals surface area contributed by atoms with Gasteiger partial charge in [-0.1, -0.05) is 23.2 Å². The Bertz CT molecular complexity index is 890. The second-order valence-electron chi connectivity index (χ2n) is 5.09. The summed E-state index contributed by atoms with van der Waals surface area (Å²) in [5.41, 5.74) is -0.980. The molecule has 2 rings (SSSR count). The van der Waals surface area contributed by atoms with Crippen LogP contribution in [0.3, 0.4) is 0 Å². The summed E-state index contributed by atoms with van der Waals surface area (Å²) in [5, 5.41) is 22.3. The Kier molecular flexibility index (Phi) is 5.61.